The van der Waals surface area contributed by atoms with E-state index in [9.17, 15) is 0 Å². The maximum absolute atomic E-state index is 4.08. The van der Waals surface area contributed by atoms with E-state index in [4.69, 9.17) is 0 Å². The van der Waals surface area contributed by atoms with Gasteiger partial charge in [0.1, 0.15) is 5.82 Å². The highest BCUT2D eigenvalue weighted by atomic mass is 32.1. The smallest absolute Gasteiger partial charge is 0.146 e. The van der Waals surface area contributed by atoms with Gasteiger partial charge in [-0.15, -0.1) is 11.3 Å². The Bertz CT molecular complexity index is 395. The summed E-state index contributed by atoms with van der Waals surface area (Å²) in [5.74, 6) is 0.750. The van der Waals surface area contributed by atoms with Crippen molar-refractivity contribution in [3.05, 3.63) is 46.8 Å². The lowest BCUT2D eigenvalue weighted by Gasteiger charge is -1.95. The highest BCUT2D eigenvalue weighted by molar-refractivity contribution is 7.11. The molecule has 0 radical (unpaired) electrons. The van der Waals surface area contributed by atoms with Crippen LogP contribution in [0.25, 0.3) is 0 Å². The van der Waals surface area contributed by atoms with Crippen LogP contribution >= 0.6 is 11.3 Å². The average molecular weight is 203 g/mol. The molecule has 0 unspecified atom stereocenters. The minimum atomic E-state index is 0.750. The van der Waals surface area contributed by atoms with Crippen molar-refractivity contribution in [2.75, 3.05) is 5.43 Å². The largest absolute Gasteiger partial charge is 0.261 e. The molecular weight excluding hydrogens is 194 g/mol. The van der Waals surface area contributed by atoms with Gasteiger partial charge in [0, 0.05) is 11.1 Å². The number of aromatic nitrogens is 1. The molecule has 2 aromatic rings. The van der Waals surface area contributed by atoms with Crippen LogP contribution in [0.2, 0.25) is 0 Å². The van der Waals surface area contributed by atoms with Crippen LogP contribution in [0.5, 0.6) is 0 Å². The van der Waals surface area contributed by atoms with E-state index in [0.717, 1.165) is 10.7 Å². The SMILES string of the molecule is C(=N/Nc1ccccn1)/c1cccs1. The predicted molar refractivity (Wildman–Crippen MR) is 59.8 cm³/mol. The molecule has 0 fully saturated rings. The summed E-state index contributed by atoms with van der Waals surface area (Å²) >= 11 is 1.65. The quantitative estimate of drug-likeness (QED) is 0.615. The van der Waals surface area contributed by atoms with Gasteiger partial charge in [-0.1, -0.05) is 12.1 Å². The molecule has 0 atom stereocenters. The summed E-state index contributed by atoms with van der Waals surface area (Å²) < 4.78 is 0. The van der Waals surface area contributed by atoms with E-state index in [0.29, 0.717) is 0 Å². The standard InChI is InChI=1S/C10H9N3S/c1-2-6-11-10(5-1)13-12-8-9-4-3-7-14-9/h1-8H,(H,11,13)/b12-8-. The number of hydrogen-bond acceptors (Lipinski definition) is 4. The molecule has 2 rings (SSSR count). The van der Waals surface area contributed by atoms with Gasteiger partial charge in [0.05, 0.1) is 6.21 Å². The van der Waals surface area contributed by atoms with Crippen LogP contribution in [0.4, 0.5) is 5.82 Å². The maximum Gasteiger partial charge on any atom is 0.146 e. The molecule has 0 aliphatic rings. The topological polar surface area (TPSA) is 37.3 Å². The summed E-state index contributed by atoms with van der Waals surface area (Å²) in [6.07, 6.45) is 3.50. The minimum Gasteiger partial charge on any atom is -0.261 e. The van der Waals surface area contributed by atoms with Crippen molar-refractivity contribution in [1.82, 2.24) is 4.98 Å². The third-order valence-electron chi connectivity index (χ3n) is 1.58. The van der Waals surface area contributed by atoms with Gasteiger partial charge >= 0.3 is 0 Å². The van der Waals surface area contributed by atoms with Crippen molar-refractivity contribution >= 4 is 23.4 Å². The van der Waals surface area contributed by atoms with Gasteiger partial charge in [-0.05, 0) is 23.6 Å². The van der Waals surface area contributed by atoms with Gasteiger partial charge in [0.25, 0.3) is 0 Å². The Hall–Kier alpha value is -1.68. The molecule has 0 saturated carbocycles. The van der Waals surface area contributed by atoms with Crippen LogP contribution in [-0.4, -0.2) is 11.2 Å². The van der Waals surface area contributed by atoms with Crippen molar-refractivity contribution in [2.24, 2.45) is 5.10 Å². The summed E-state index contributed by atoms with van der Waals surface area (Å²) in [4.78, 5) is 5.20. The molecule has 2 heterocycles. The zero-order valence-corrected chi connectivity index (χ0v) is 8.24. The number of rotatable bonds is 3. The van der Waals surface area contributed by atoms with Crippen molar-refractivity contribution in [1.29, 1.82) is 0 Å². The lowest BCUT2D eigenvalue weighted by atomic mass is 10.5. The molecule has 0 aromatic carbocycles. The summed E-state index contributed by atoms with van der Waals surface area (Å²) in [7, 11) is 0. The molecule has 0 aliphatic carbocycles. The fourth-order valence-corrected chi connectivity index (χ4v) is 1.54. The second kappa shape index (κ2) is 4.53. The van der Waals surface area contributed by atoms with Crippen LogP contribution in [0, 0.1) is 0 Å². The van der Waals surface area contributed by atoms with E-state index in [1.807, 2.05) is 35.7 Å². The number of pyridine rings is 1. The Morgan fingerprint density at radius 1 is 1.29 bits per heavy atom. The molecule has 0 saturated heterocycles. The Morgan fingerprint density at radius 3 is 3.00 bits per heavy atom. The summed E-state index contributed by atoms with van der Waals surface area (Å²) in [5.41, 5.74) is 2.85. The van der Waals surface area contributed by atoms with Crippen molar-refractivity contribution < 1.29 is 0 Å². The fraction of sp³-hybridized carbons (Fsp3) is 0. The molecule has 1 N–H and O–H groups in total. The normalized spacial score (nSPS) is 10.6. The first-order valence-electron chi connectivity index (χ1n) is 4.19. The van der Waals surface area contributed by atoms with Crippen LogP contribution in [-0.2, 0) is 0 Å². The summed E-state index contributed by atoms with van der Waals surface area (Å²) in [6, 6.07) is 9.65. The van der Waals surface area contributed by atoms with Crippen LogP contribution < -0.4 is 5.43 Å². The van der Waals surface area contributed by atoms with E-state index in [1.54, 1.807) is 23.7 Å². The van der Waals surface area contributed by atoms with E-state index in [2.05, 4.69) is 15.5 Å². The molecule has 3 nitrogen and oxygen atoms in total. The molecule has 0 amide bonds. The number of nitrogens with one attached hydrogen (secondary N) is 1. The van der Waals surface area contributed by atoms with Crippen LogP contribution in [0.1, 0.15) is 4.88 Å². The molecule has 0 spiro atoms. The Balaban J connectivity index is 1.95. The zero-order valence-electron chi connectivity index (χ0n) is 7.42. The van der Waals surface area contributed by atoms with Crippen LogP contribution in [0.15, 0.2) is 47.0 Å². The number of hydrogen-bond donors (Lipinski definition) is 1. The molecular formula is C10H9N3S. The molecule has 2 aromatic heterocycles. The summed E-state index contributed by atoms with van der Waals surface area (Å²) in [6.45, 7) is 0. The highest BCUT2D eigenvalue weighted by Gasteiger charge is 1.87. The number of nitrogens with zero attached hydrogens (tertiary/aromatic N) is 2. The molecule has 14 heavy (non-hydrogen) atoms. The zero-order chi connectivity index (χ0) is 9.64. The third-order valence-corrected chi connectivity index (χ3v) is 2.39. The Morgan fingerprint density at radius 2 is 2.29 bits per heavy atom. The average Bonchev–Trinajstić information content (AvgIpc) is 2.72. The van der Waals surface area contributed by atoms with Crippen molar-refractivity contribution in [3.8, 4) is 0 Å². The lowest BCUT2D eigenvalue weighted by Crippen LogP contribution is -1.91. The minimum absolute atomic E-state index is 0.750. The van der Waals surface area contributed by atoms with Crippen molar-refractivity contribution in [3.63, 3.8) is 0 Å². The van der Waals surface area contributed by atoms with E-state index in [1.165, 1.54) is 0 Å². The van der Waals surface area contributed by atoms with E-state index < -0.39 is 0 Å². The monoisotopic (exact) mass is 203 g/mol. The van der Waals surface area contributed by atoms with Gasteiger partial charge in [-0.2, -0.15) is 5.10 Å². The molecule has 70 valence electrons. The maximum atomic E-state index is 4.08. The lowest BCUT2D eigenvalue weighted by molar-refractivity contribution is 1.23. The number of anilines is 1. The first-order chi connectivity index (χ1) is 6.95. The Labute approximate surface area is 86.1 Å². The van der Waals surface area contributed by atoms with Gasteiger partial charge in [0.15, 0.2) is 0 Å². The molecule has 0 bridgehead atoms. The van der Waals surface area contributed by atoms with E-state index >= 15 is 0 Å². The van der Waals surface area contributed by atoms with Gasteiger partial charge in [0.2, 0.25) is 0 Å². The summed E-state index contributed by atoms with van der Waals surface area (Å²) in [5, 5.41) is 6.07. The highest BCUT2D eigenvalue weighted by Crippen LogP contribution is 2.05. The number of thiophene rings is 1. The molecule has 0 aliphatic heterocycles. The van der Waals surface area contributed by atoms with Gasteiger partial charge in [-0.25, -0.2) is 4.98 Å². The predicted octanol–water partition coefficient (Wildman–Crippen LogP) is 2.59. The Kier molecular flexibility index (Phi) is 2.88. The third kappa shape index (κ3) is 2.40. The second-order valence-corrected chi connectivity index (χ2v) is 3.58. The number of hydrazone groups is 1. The second-order valence-electron chi connectivity index (χ2n) is 2.60. The molecule has 4 heteroatoms. The van der Waals surface area contributed by atoms with Gasteiger partial charge < -0.3 is 0 Å². The van der Waals surface area contributed by atoms with Gasteiger partial charge in [-0.3, -0.25) is 5.43 Å². The first-order valence-corrected chi connectivity index (χ1v) is 5.07. The van der Waals surface area contributed by atoms with E-state index in [-0.39, 0.29) is 0 Å². The van der Waals surface area contributed by atoms with Crippen molar-refractivity contribution in [2.45, 2.75) is 0 Å². The van der Waals surface area contributed by atoms with Crippen LogP contribution in [0.3, 0.4) is 0 Å². The first kappa shape index (κ1) is 8.90. The fourth-order valence-electron chi connectivity index (χ4n) is 0.956.